The summed E-state index contributed by atoms with van der Waals surface area (Å²) in [4.78, 5) is 12.7. The van der Waals surface area contributed by atoms with E-state index < -0.39 is 0 Å². The predicted molar refractivity (Wildman–Crippen MR) is 125 cm³/mol. The Morgan fingerprint density at radius 3 is 2.47 bits per heavy atom. The minimum absolute atomic E-state index is 0.109. The van der Waals surface area contributed by atoms with Crippen LogP contribution in [0.2, 0.25) is 5.02 Å². The van der Waals surface area contributed by atoms with Gasteiger partial charge in [0.1, 0.15) is 18.9 Å². The van der Waals surface area contributed by atoms with Gasteiger partial charge in [0.05, 0.1) is 5.69 Å². The number of halogens is 1. The van der Waals surface area contributed by atoms with Crippen molar-refractivity contribution in [1.29, 1.82) is 0 Å². The van der Waals surface area contributed by atoms with Crippen molar-refractivity contribution in [3.05, 3.63) is 101 Å². The van der Waals surface area contributed by atoms with Crippen LogP contribution in [0.1, 0.15) is 15.9 Å². The topological polar surface area (TPSA) is 53.4 Å². The number of fused-ring (bicyclic) bond motifs is 1. The molecule has 0 N–H and O–H groups in total. The SMILES string of the molecule is O=C(C=Cc1cn(-c2ccccc2)nc1-c1ccc2c(c1)OCCO2)c1ccc(Cl)cc1. The van der Waals surface area contributed by atoms with E-state index in [1.54, 1.807) is 41.1 Å². The maximum atomic E-state index is 12.7. The average molecular weight is 443 g/mol. The summed E-state index contributed by atoms with van der Waals surface area (Å²) in [6.07, 6.45) is 5.25. The zero-order valence-corrected chi connectivity index (χ0v) is 17.8. The monoisotopic (exact) mass is 442 g/mol. The van der Waals surface area contributed by atoms with Gasteiger partial charge in [-0.1, -0.05) is 29.8 Å². The molecule has 0 aliphatic carbocycles. The summed E-state index contributed by atoms with van der Waals surface area (Å²) in [7, 11) is 0. The summed E-state index contributed by atoms with van der Waals surface area (Å²) >= 11 is 5.93. The zero-order valence-electron chi connectivity index (χ0n) is 17.1. The molecule has 0 saturated heterocycles. The van der Waals surface area contributed by atoms with Crippen LogP contribution in [0.5, 0.6) is 11.5 Å². The quantitative estimate of drug-likeness (QED) is 0.287. The molecule has 2 heterocycles. The molecule has 0 amide bonds. The first-order chi connectivity index (χ1) is 15.7. The van der Waals surface area contributed by atoms with Gasteiger partial charge in [-0.15, -0.1) is 0 Å². The maximum absolute atomic E-state index is 12.7. The summed E-state index contributed by atoms with van der Waals surface area (Å²) in [5, 5.41) is 5.40. The van der Waals surface area contributed by atoms with Crippen molar-refractivity contribution in [3.63, 3.8) is 0 Å². The standard InChI is InChI=1S/C26H19ClN2O3/c27-21-10-6-18(7-11-21)23(30)12-8-20-17-29(22-4-2-1-3-5-22)28-26(20)19-9-13-24-25(16-19)32-15-14-31-24/h1-13,16-17H,14-15H2. The lowest BCUT2D eigenvalue weighted by atomic mass is 10.1. The Morgan fingerprint density at radius 2 is 1.69 bits per heavy atom. The molecule has 1 aliphatic heterocycles. The second-order valence-corrected chi connectivity index (χ2v) is 7.71. The van der Waals surface area contributed by atoms with Crippen LogP contribution in [-0.4, -0.2) is 28.8 Å². The molecule has 6 heteroatoms. The highest BCUT2D eigenvalue weighted by atomic mass is 35.5. The molecule has 3 aromatic carbocycles. The van der Waals surface area contributed by atoms with Gasteiger partial charge in [-0.05, 0) is 66.7 Å². The lowest BCUT2D eigenvalue weighted by molar-refractivity contribution is 0.104. The van der Waals surface area contributed by atoms with Gasteiger partial charge in [-0.2, -0.15) is 5.10 Å². The lowest BCUT2D eigenvalue weighted by Crippen LogP contribution is -2.15. The summed E-state index contributed by atoms with van der Waals surface area (Å²) in [5.74, 6) is 1.30. The van der Waals surface area contributed by atoms with E-state index in [0.717, 1.165) is 28.3 Å². The number of carbonyl (C=O) groups excluding carboxylic acids is 1. The van der Waals surface area contributed by atoms with Crippen LogP contribution in [0.4, 0.5) is 0 Å². The van der Waals surface area contributed by atoms with E-state index in [9.17, 15) is 4.79 Å². The van der Waals surface area contributed by atoms with E-state index in [-0.39, 0.29) is 5.78 Å². The number of hydrogen-bond acceptors (Lipinski definition) is 4. The number of aromatic nitrogens is 2. The Hall–Kier alpha value is -3.83. The van der Waals surface area contributed by atoms with Crippen molar-refractivity contribution in [3.8, 4) is 28.4 Å². The average Bonchev–Trinajstić information content (AvgIpc) is 3.27. The van der Waals surface area contributed by atoms with Gasteiger partial charge >= 0.3 is 0 Å². The number of allylic oxidation sites excluding steroid dienone is 1. The van der Waals surface area contributed by atoms with Crippen LogP contribution >= 0.6 is 11.6 Å². The fraction of sp³-hybridized carbons (Fsp3) is 0.0769. The molecule has 1 aliphatic rings. The molecule has 0 radical (unpaired) electrons. The summed E-state index contributed by atoms with van der Waals surface area (Å²) < 4.78 is 13.2. The number of carbonyl (C=O) groups is 1. The van der Waals surface area contributed by atoms with Gasteiger partial charge in [-0.3, -0.25) is 4.79 Å². The maximum Gasteiger partial charge on any atom is 0.185 e. The van der Waals surface area contributed by atoms with Gasteiger partial charge in [0.15, 0.2) is 17.3 Å². The number of ketones is 1. The number of hydrogen-bond donors (Lipinski definition) is 0. The number of nitrogens with zero attached hydrogens (tertiary/aromatic N) is 2. The highest BCUT2D eigenvalue weighted by molar-refractivity contribution is 6.30. The van der Waals surface area contributed by atoms with Gasteiger partial charge < -0.3 is 9.47 Å². The fourth-order valence-corrected chi connectivity index (χ4v) is 3.64. The molecule has 0 saturated carbocycles. The Morgan fingerprint density at radius 1 is 0.938 bits per heavy atom. The first-order valence-corrected chi connectivity index (χ1v) is 10.6. The van der Waals surface area contributed by atoms with Crippen molar-refractivity contribution in [1.82, 2.24) is 9.78 Å². The van der Waals surface area contributed by atoms with E-state index in [2.05, 4.69) is 0 Å². The van der Waals surface area contributed by atoms with E-state index in [1.807, 2.05) is 54.7 Å². The minimum atomic E-state index is -0.109. The molecule has 5 rings (SSSR count). The van der Waals surface area contributed by atoms with Crippen molar-refractivity contribution in [2.24, 2.45) is 0 Å². The molecule has 0 bridgehead atoms. The minimum Gasteiger partial charge on any atom is -0.486 e. The molecular weight excluding hydrogens is 424 g/mol. The van der Waals surface area contributed by atoms with Gasteiger partial charge in [0.25, 0.3) is 0 Å². The molecule has 0 unspecified atom stereocenters. The molecule has 1 aromatic heterocycles. The van der Waals surface area contributed by atoms with Crippen molar-refractivity contribution < 1.29 is 14.3 Å². The van der Waals surface area contributed by atoms with E-state index in [1.165, 1.54) is 0 Å². The van der Waals surface area contributed by atoms with Crippen LogP contribution in [0.25, 0.3) is 23.0 Å². The summed E-state index contributed by atoms with van der Waals surface area (Å²) in [6, 6.07) is 22.4. The summed E-state index contributed by atoms with van der Waals surface area (Å²) in [5.41, 5.74) is 3.93. The molecule has 5 nitrogen and oxygen atoms in total. The van der Waals surface area contributed by atoms with E-state index >= 15 is 0 Å². The fourth-order valence-electron chi connectivity index (χ4n) is 3.51. The van der Waals surface area contributed by atoms with Crippen molar-refractivity contribution >= 4 is 23.5 Å². The normalized spacial score (nSPS) is 12.8. The number of benzene rings is 3. The molecule has 32 heavy (non-hydrogen) atoms. The van der Waals surface area contributed by atoms with Gasteiger partial charge in [0.2, 0.25) is 0 Å². The van der Waals surface area contributed by atoms with E-state index in [0.29, 0.717) is 29.5 Å². The second kappa shape index (κ2) is 8.73. The van der Waals surface area contributed by atoms with Crippen molar-refractivity contribution in [2.75, 3.05) is 13.2 Å². The van der Waals surface area contributed by atoms with Crippen molar-refractivity contribution in [2.45, 2.75) is 0 Å². The number of para-hydroxylation sites is 1. The Kier molecular flexibility index (Phi) is 5.48. The molecular formula is C26H19ClN2O3. The van der Waals surface area contributed by atoms with Crippen LogP contribution < -0.4 is 9.47 Å². The highest BCUT2D eigenvalue weighted by Gasteiger charge is 2.16. The number of rotatable bonds is 5. The third-order valence-corrected chi connectivity index (χ3v) is 5.37. The number of ether oxygens (including phenoxy) is 2. The Labute approximate surface area is 190 Å². The second-order valence-electron chi connectivity index (χ2n) is 7.28. The molecule has 0 fully saturated rings. The van der Waals surface area contributed by atoms with E-state index in [4.69, 9.17) is 26.2 Å². The summed E-state index contributed by atoms with van der Waals surface area (Å²) in [6.45, 7) is 1.05. The Balaban J connectivity index is 1.54. The Bertz CT molecular complexity index is 1290. The molecule has 4 aromatic rings. The first-order valence-electron chi connectivity index (χ1n) is 10.2. The third kappa shape index (κ3) is 4.15. The van der Waals surface area contributed by atoms with Gasteiger partial charge in [-0.25, -0.2) is 4.68 Å². The van der Waals surface area contributed by atoms with Crippen LogP contribution in [0.15, 0.2) is 85.1 Å². The molecule has 0 atom stereocenters. The van der Waals surface area contributed by atoms with Crippen LogP contribution in [0, 0.1) is 0 Å². The predicted octanol–water partition coefficient (Wildman–Crippen LogP) is 5.86. The molecule has 0 spiro atoms. The molecule has 158 valence electrons. The first kappa shape index (κ1) is 20.1. The largest absolute Gasteiger partial charge is 0.486 e. The lowest BCUT2D eigenvalue weighted by Gasteiger charge is -2.18. The third-order valence-electron chi connectivity index (χ3n) is 5.12. The van der Waals surface area contributed by atoms with Crippen LogP contribution in [0.3, 0.4) is 0 Å². The van der Waals surface area contributed by atoms with Gasteiger partial charge in [0, 0.05) is 27.9 Å². The highest BCUT2D eigenvalue weighted by Crippen LogP contribution is 2.35. The smallest absolute Gasteiger partial charge is 0.185 e. The zero-order chi connectivity index (χ0) is 21.9. The van der Waals surface area contributed by atoms with Crippen LogP contribution in [-0.2, 0) is 0 Å².